The molecule has 9 nitrogen and oxygen atoms in total. The van der Waals surface area contributed by atoms with Crippen molar-refractivity contribution in [3.05, 3.63) is 96.5 Å². The average Bonchev–Trinajstić information content (AvgIpc) is 3.13. The number of carbonyl (C=O) groups is 1. The molecule has 1 amide bonds. The van der Waals surface area contributed by atoms with Gasteiger partial charge in [0.25, 0.3) is 5.91 Å². The summed E-state index contributed by atoms with van der Waals surface area (Å²) in [6.45, 7) is 0.382. The normalized spacial score (nSPS) is 20.4. The summed E-state index contributed by atoms with van der Waals surface area (Å²) >= 11 is 1.01. The van der Waals surface area contributed by atoms with E-state index in [1.807, 2.05) is 0 Å². The SMILES string of the molecule is O=C1c2c(O)c(=O)ccn2N([C@@H]2c3ccc(F)c(F)c3Cn3c(=O)sc4cccc2c43)[C@@H]2COCCN12. The molecule has 2 atom stereocenters. The summed E-state index contributed by atoms with van der Waals surface area (Å²) in [5.74, 6) is -3.34. The maximum atomic E-state index is 15.4. The van der Waals surface area contributed by atoms with Crippen molar-refractivity contribution in [3.8, 4) is 5.75 Å². The lowest BCUT2D eigenvalue weighted by atomic mass is 9.93. The third kappa shape index (κ3) is 2.93. The summed E-state index contributed by atoms with van der Waals surface area (Å²) in [7, 11) is 0. The van der Waals surface area contributed by atoms with Crippen LogP contribution in [-0.2, 0) is 11.3 Å². The van der Waals surface area contributed by atoms with Crippen molar-refractivity contribution in [1.82, 2.24) is 14.1 Å². The highest BCUT2D eigenvalue weighted by Gasteiger charge is 2.46. The van der Waals surface area contributed by atoms with E-state index in [-0.39, 0.29) is 42.4 Å². The number of amides is 1. The number of carbonyl (C=O) groups excluding carboxylic acids is 1. The maximum absolute atomic E-state index is 15.4. The zero-order chi connectivity index (χ0) is 25.6. The molecule has 37 heavy (non-hydrogen) atoms. The molecule has 2 aromatic carbocycles. The number of fused-ring (bicyclic) bond motifs is 3. The molecule has 12 heteroatoms. The van der Waals surface area contributed by atoms with Crippen LogP contribution in [0.3, 0.4) is 0 Å². The van der Waals surface area contributed by atoms with E-state index in [1.165, 1.54) is 26.4 Å². The molecule has 188 valence electrons. The Hall–Kier alpha value is -4.03. The summed E-state index contributed by atoms with van der Waals surface area (Å²) in [6.07, 6.45) is 0.681. The Morgan fingerprint density at radius 3 is 2.73 bits per heavy atom. The number of halogens is 2. The molecule has 3 aliphatic rings. The van der Waals surface area contributed by atoms with Gasteiger partial charge in [-0.05, 0) is 17.7 Å². The van der Waals surface area contributed by atoms with Crippen LogP contribution in [0, 0.1) is 11.6 Å². The van der Waals surface area contributed by atoms with E-state index in [4.69, 9.17) is 4.74 Å². The number of thiazole rings is 1. The Bertz CT molecular complexity index is 1760. The first-order chi connectivity index (χ1) is 17.9. The van der Waals surface area contributed by atoms with Crippen LogP contribution in [0.4, 0.5) is 8.78 Å². The molecular formula is C25H18F2N4O5S. The number of hydrogen-bond donors (Lipinski definition) is 1. The van der Waals surface area contributed by atoms with Crippen molar-refractivity contribution in [3.63, 3.8) is 0 Å². The van der Waals surface area contributed by atoms with Gasteiger partial charge in [-0.15, -0.1) is 0 Å². The molecule has 0 bridgehead atoms. The molecule has 4 aromatic rings. The van der Waals surface area contributed by atoms with Crippen molar-refractivity contribution in [1.29, 1.82) is 0 Å². The van der Waals surface area contributed by atoms with Gasteiger partial charge in [-0.25, -0.2) is 8.78 Å². The lowest BCUT2D eigenvalue weighted by Gasteiger charge is -2.51. The van der Waals surface area contributed by atoms with Gasteiger partial charge in [-0.1, -0.05) is 29.5 Å². The monoisotopic (exact) mass is 524 g/mol. The quantitative estimate of drug-likeness (QED) is 0.410. The number of aromatic nitrogens is 2. The van der Waals surface area contributed by atoms with E-state index < -0.39 is 40.9 Å². The van der Waals surface area contributed by atoms with E-state index in [0.29, 0.717) is 21.3 Å². The highest BCUT2D eigenvalue weighted by Crippen LogP contribution is 2.42. The Balaban J connectivity index is 1.61. The molecule has 1 N–H and O–H groups in total. The first-order valence-electron chi connectivity index (χ1n) is 11.6. The van der Waals surface area contributed by atoms with E-state index in [0.717, 1.165) is 23.5 Å². The minimum absolute atomic E-state index is 0.00925. The molecule has 1 saturated heterocycles. The van der Waals surface area contributed by atoms with Crippen LogP contribution >= 0.6 is 11.3 Å². The van der Waals surface area contributed by atoms with Crippen LogP contribution in [0.2, 0.25) is 0 Å². The first-order valence-corrected chi connectivity index (χ1v) is 12.4. The molecule has 7 rings (SSSR count). The molecule has 0 saturated carbocycles. The minimum atomic E-state index is -1.06. The molecule has 0 aliphatic carbocycles. The summed E-state index contributed by atoms with van der Waals surface area (Å²) in [5, 5.41) is 12.4. The van der Waals surface area contributed by atoms with Gasteiger partial charge >= 0.3 is 4.87 Å². The van der Waals surface area contributed by atoms with Gasteiger partial charge in [0.1, 0.15) is 12.2 Å². The molecule has 0 radical (unpaired) electrons. The summed E-state index contributed by atoms with van der Waals surface area (Å²) in [6, 6.07) is 8.20. The van der Waals surface area contributed by atoms with Gasteiger partial charge < -0.3 is 14.7 Å². The predicted octanol–water partition coefficient (Wildman–Crippen LogP) is 2.11. The Labute approximate surface area is 210 Å². The standard InChI is InChI=1S/C25H18F2N4O5S/c26-15-5-4-12-14(19(15)27)10-29-21-13(2-1-3-17(21)37-25(29)35)20(12)31-18-11-36-9-8-28(18)24(34)22-23(33)16(32)6-7-30(22)31/h1-7,18,20,33H,8-11H2/t18-,20-/m1/s1. The summed E-state index contributed by atoms with van der Waals surface area (Å²) in [5.41, 5.74) is 0.664. The van der Waals surface area contributed by atoms with Gasteiger partial charge in [-0.3, -0.25) is 28.6 Å². The maximum Gasteiger partial charge on any atom is 0.308 e. The van der Waals surface area contributed by atoms with E-state index >= 15 is 4.39 Å². The fourth-order valence-electron chi connectivity index (χ4n) is 5.68. The third-order valence-corrected chi connectivity index (χ3v) is 8.24. The number of morpholine rings is 1. The number of para-hydroxylation sites is 1. The number of ether oxygens (including phenoxy) is 1. The van der Waals surface area contributed by atoms with E-state index in [9.17, 15) is 23.9 Å². The molecule has 0 unspecified atom stereocenters. The number of rotatable bonds is 1. The average molecular weight is 525 g/mol. The second kappa shape index (κ2) is 7.73. The number of aromatic hydroxyl groups is 1. The zero-order valence-corrected chi connectivity index (χ0v) is 19.9. The van der Waals surface area contributed by atoms with Crippen LogP contribution in [0.5, 0.6) is 5.75 Å². The molecule has 5 heterocycles. The number of pyridine rings is 1. The number of nitrogens with zero attached hydrogens (tertiary/aromatic N) is 4. The second-order valence-corrected chi connectivity index (χ2v) is 10.1. The van der Waals surface area contributed by atoms with Crippen LogP contribution in [-0.4, -0.2) is 51.1 Å². The van der Waals surface area contributed by atoms with Gasteiger partial charge in [0.15, 0.2) is 23.1 Å². The van der Waals surface area contributed by atoms with Gasteiger partial charge in [0, 0.05) is 29.9 Å². The predicted molar refractivity (Wildman–Crippen MR) is 130 cm³/mol. The Morgan fingerprint density at radius 1 is 1.05 bits per heavy atom. The van der Waals surface area contributed by atoms with Crippen molar-refractivity contribution in [2.75, 3.05) is 24.8 Å². The van der Waals surface area contributed by atoms with Crippen LogP contribution in [0.15, 0.2) is 52.2 Å². The fraction of sp³-hybridized carbons (Fsp3) is 0.240. The number of benzene rings is 2. The lowest BCUT2D eigenvalue weighted by Crippen LogP contribution is -2.66. The Morgan fingerprint density at radius 2 is 1.89 bits per heavy atom. The van der Waals surface area contributed by atoms with Gasteiger partial charge in [0.2, 0.25) is 5.43 Å². The summed E-state index contributed by atoms with van der Waals surface area (Å²) < 4.78 is 39.1. The van der Waals surface area contributed by atoms with Crippen molar-refractivity contribution >= 4 is 27.5 Å². The van der Waals surface area contributed by atoms with E-state index in [1.54, 1.807) is 23.2 Å². The van der Waals surface area contributed by atoms with Crippen LogP contribution in [0.1, 0.15) is 33.2 Å². The van der Waals surface area contributed by atoms with Gasteiger partial charge in [-0.2, -0.15) is 0 Å². The van der Waals surface area contributed by atoms with Crippen LogP contribution < -0.4 is 15.3 Å². The largest absolute Gasteiger partial charge is 0.502 e. The molecule has 0 spiro atoms. The minimum Gasteiger partial charge on any atom is -0.502 e. The van der Waals surface area contributed by atoms with Crippen LogP contribution in [0.25, 0.3) is 10.2 Å². The molecular weight excluding hydrogens is 506 g/mol. The number of hydrogen-bond acceptors (Lipinski definition) is 7. The molecule has 1 fully saturated rings. The Kier molecular flexibility index (Phi) is 4.64. The first kappa shape index (κ1) is 22.2. The fourth-order valence-corrected chi connectivity index (χ4v) is 6.61. The molecule has 3 aliphatic heterocycles. The lowest BCUT2D eigenvalue weighted by molar-refractivity contribution is -0.0196. The second-order valence-electron chi connectivity index (χ2n) is 9.14. The van der Waals surface area contributed by atoms with E-state index in [2.05, 4.69) is 0 Å². The van der Waals surface area contributed by atoms with Crippen molar-refractivity contribution in [2.45, 2.75) is 18.8 Å². The summed E-state index contributed by atoms with van der Waals surface area (Å²) in [4.78, 5) is 39.9. The smallest absolute Gasteiger partial charge is 0.308 e. The third-order valence-electron chi connectivity index (χ3n) is 7.29. The highest BCUT2D eigenvalue weighted by atomic mass is 32.1. The van der Waals surface area contributed by atoms with Gasteiger partial charge in [0.05, 0.1) is 30.0 Å². The van der Waals surface area contributed by atoms with Crippen molar-refractivity contribution in [2.24, 2.45) is 0 Å². The zero-order valence-electron chi connectivity index (χ0n) is 19.1. The highest BCUT2D eigenvalue weighted by molar-refractivity contribution is 7.16. The van der Waals surface area contributed by atoms with Crippen molar-refractivity contribution < 1.29 is 23.4 Å². The topological polar surface area (TPSA) is 97.0 Å². The molecule has 2 aromatic heterocycles.